The van der Waals surface area contributed by atoms with Gasteiger partial charge in [-0.15, -0.1) is 11.3 Å². The van der Waals surface area contributed by atoms with E-state index in [0.29, 0.717) is 10.6 Å². The lowest BCUT2D eigenvalue weighted by molar-refractivity contribution is 0.414. The van der Waals surface area contributed by atoms with E-state index in [1.165, 1.54) is 16.9 Å². The van der Waals surface area contributed by atoms with Gasteiger partial charge in [-0.3, -0.25) is 0 Å². The Morgan fingerprint density at radius 2 is 1.96 bits per heavy atom. The van der Waals surface area contributed by atoms with Crippen LogP contribution in [0.5, 0.6) is 5.75 Å². The van der Waals surface area contributed by atoms with Gasteiger partial charge in [-0.25, -0.2) is 4.98 Å². The van der Waals surface area contributed by atoms with E-state index in [9.17, 15) is 5.26 Å². The third-order valence-electron chi connectivity index (χ3n) is 3.95. The van der Waals surface area contributed by atoms with Crippen LogP contribution in [0.4, 0.5) is 0 Å². The zero-order chi connectivity index (χ0) is 17.6. The minimum Gasteiger partial charge on any atom is -0.496 e. The quantitative estimate of drug-likeness (QED) is 0.577. The maximum atomic E-state index is 9.56. The lowest BCUT2D eigenvalue weighted by atomic mass is 10.1. The Bertz CT molecular complexity index is 933. The van der Waals surface area contributed by atoms with Gasteiger partial charge in [0.25, 0.3) is 0 Å². The van der Waals surface area contributed by atoms with Crippen LogP contribution in [0.25, 0.3) is 22.9 Å². The van der Waals surface area contributed by atoms with Gasteiger partial charge in [0.2, 0.25) is 0 Å². The fourth-order valence-electron chi connectivity index (χ4n) is 2.52. The van der Waals surface area contributed by atoms with Crippen LogP contribution in [-0.2, 0) is 6.42 Å². The minimum atomic E-state index is 0.533. The van der Waals surface area contributed by atoms with Crippen molar-refractivity contribution < 1.29 is 4.74 Å². The van der Waals surface area contributed by atoms with Gasteiger partial charge in [0.15, 0.2) is 0 Å². The molecule has 0 amide bonds. The fourth-order valence-corrected chi connectivity index (χ4v) is 3.32. The van der Waals surface area contributed by atoms with E-state index in [0.717, 1.165) is 29.0 Å². The number of nitrogens with zero attached hydrogens (tertiary/aromatic N) is 2. The number of benzene rings is 2. The molecule has 0 aliphatic heterocycles. The van der Waals surface area contributed by atoms with Crippen LogP contribution >= 0.6 is 11.3 Å². The smallest absolute Gasteiger partial charge is 0.134 e. The van der Waals surface area contributed by atoms with Crippen LogP contribution in [0.2, 0.25) is 0 Å². The Kier molecular flexibility index (Phi) is 5.27. The molecular weight excluding hydrogens is 328 g/mol. The molecule has 4 heteroatoms. The third kappa shape index (κ3) is 3.78. The highest BCUT2D eigenvalue weighted by Gasteiger charge is 2.10. The van der Waals surface area contributed by atoms with Gasteiger partial charge >= 0.3 is 0 Å². The Labute approximate surface area is 151 Å². The van der Waals surface area contributed by atoms with E-state index in [1.807, 2.05) is 35.7 Å². The monoisotopic (exact) mass is 346 g/mol. The molecule has 0 aliphatic rings. The molecule has 0 atom stereocenters. The van der Waals surface area contributed by atoms with Crippen LogP contribution in [0.1, 0.15) is 23.1 Å². The number of allylic oxidation sites excluding steroid dienone is 1. The third-order valence-corrected chi connectivity index (χ3v) is 4.83. The number of methoxy groups -OCH3 is 1. The van der Waals surface area contributed by atoms with Crippen LogP contribution in [0.15, 0.2) is 53.9 Å². The summed E-state index contributed by atoms with van der Waals surface area (Å²) in [7, 11) is 1.63. The molecule has 3 nitrogen and oxygen atoms in total. The highest BCUT2D eigenvalue weighted by Crippen LogP contribution is 2.29. The number of hydrogen-bond donors (Lipinski definition) is 0. The number of hydrogen-bond acceptors (Lipinski definition) is 4. The Morgan fingerprint density at radius 1 is 1.20 bits per heavy atom. The summed E-state index contributed by atoms with van der Waals surface area (Å²) in [6.07, 6.45) is 2.84. The van der Waals surface area contributed by atoms with E-state index in [2.05, 4.69) is 42.2 Å². The molecule has 1 heterocycles. The molecule has 124 valence electrons. The summed E-state index contributed by atoms with van der Waals surface area (Å²) < 4.78 is 5.35. The molecule has 0 fully saturated rings. The second kappa shape index (κ2) is 7.78. The van der Waals surface area contributed by atoms with Gasteiger partial charge in [-0.05, 0) is 24.1 Å². The highest BCUT2D eigenvalue weighted by atomic mass is 32.1. The van der Waals surface area contributed by atoms with Crippen LogP contribution in [-0.4, -0.2) is 12.1 Å². The van der Waals surface area contributed by atoms with Crippen molar-refractivity contribution in [3.05, 3.63) is 70.0 Å². The molecule has 0 N–H and O–H groups in total. The maximum Gasteiger partial charge on any atom is 0.134 e. The average molecular weight is 346 g/mol. The first-order chi connectivity index (χ1) is 12.2. The molecule has 25 heavy (non-hydrogen) atoms. The number of thiazole rings is 1. The molecule has 0 saturated heterocycles. The molecular formula is C21H18N2OS. The second-order valence-electron chi connectivity index (χ2n) is 5.50. The molecule has 3 aromatic rings. The van der Waals surface area contributed by atoms with Crippen molar-refractivity contribution in [2.24, 2.45) is 0 Å². The molecule has 0 saturated carbocycles. The number of rotatable bonds is 5. The summed E-state index contributed by atoms with van der Waals surface area (Å²) >= 11 is 1.48. The van der Waals surface area contributed by atoms with E-state index in [4.69, 9.17) is 4.74 Å². The molecule has 0 radical (unpaired) electrons. The normalized spacial score (nSPS) is 11.2. The van der Waals surface area contributed by atoms with Crippen molar-refractivity contribution in [2.45, 2.75) is 13.3 Å². The summed E-state index contributed by atoms with van der Waals surface area (Å²) in [6.45, 7) is 2.14. The van der Waals surface area contributed by atoms with Gasteiger partial charge < -0.3 is 4.74 Å². The predicted octanol–water partition coefficient (Wildman–Crippen LogP) is 5.45. The largest absolute Gasteiger partial charge is 0.496 e. The summed E-state index contributed by atoms with van der Waals surface area (Å²) in [5.74, 6) is 0.738. The number of ether oxygens (including phenoxy) is 1. The SMILES string of the molecule is CCc1ccc(-c2csc(/C(C#N)=C\c3ccccc3OC)n2)cc1. The highest BCUT2D eigenvalue weighted by molar-refractivity contribution is 7.11. The van der Waals surface area contributed by atoms with Crippen LogP contribution in [0.3, 0.4) is 0 Å². The van der Waals surface area contributed by atoms with E-state index in [-0.39, 0.29) is 0 Å². The number of aryl methyl sites for hydroxylation is 1. The first kappa shape index (κ1) is 16.9. The second-order valence-corrected chi connectivity index (χ2v) is 6.36. The van der Waals surface area contributed by atoms with Crippen molar-refractivity contribution in [1.29, 1.82) is 5.26 Å². The minimum absolute atomic E-state index is 0.533. The topological polar surface area (TPSA) is 45.9 Å². The van der Waals surface area contributed by atoms with Gasteiger partial charge in [0.05, 0.1) is 18.4 Å². The summed E-state index contributed by atoms with van der Waals surface area (Å²) in [5.41, 5.74) is 4.66. The molecule has 0 bridgehead atoms. The number of aromatic nitrogens is 1. The molecule has 0 aliphatic carbocycles. The molecule has 3 rings (SSSR count). The number of para-hydroxylation sites is 1. The molecule has 2 aromatic carbocycles. The van der Waals surface area contributed by atoms with Gasteiger partial charge in [-0.2, -0.15) is 5.26 Å². The Balaban J connectivity index is 1.93. The van der Waals surface area contributed by atoms with Crippen molar-refractivity contribution in [2.75, 3.05) is 7.11 Å². The lowest BCUT2D eigenvalue weighted by Crippen LogP contribution is -1.88. The van der Waals surface area contributed by atoms with Crippen LogP contribution < -0.4 is 4.74 Å². The summed E-state index contributed by atoms with van der Waals surface area (Å²) in [6, 6.07) is 18.3. The molecule has 0 spiro atoms. The number of nitriles is 1. The van der Waals surface area contributed by atoms with Gasteiger partial charge in [-0.1, -0.05) is 49.4 Å². The van der Waals surface area contributed by atoms with Gasteiger partial charge in [0, 0.05) is 16.5 Å². The maximum absolute atomic E-state index is 9.56. The van der Waals surface area contributed by atoms with Crippen molar-refractivity contribution in [1.82, 2.24) is 4.98 Å². The lowest BCUT2D eigenvalue weighted by Gasteiger charge is -2.04. The molecule has 1 aromatic heterocycles. The van der Waals surface area contributed by atoms with E-state index < -0.39 is 0 Å². The molecule has 0 unspecified atom stereocenters. The van der Waals surface area contributed by atoms with Crippen molar-refractivity contribution >= 4 is 23.0 Å². The zero-order valence-electron chi connectivity index (χ0n) is 14.2. The summed E-state index contributed by atoms with van der Waals surface area (Å²) in [4.78, 5) is 4.65. The van der Waals surface area contributed by atoms with E-state index >= 15 is 0 Å². The first-order valence-electron chi connectivity index (χ1n) is 8.05. The Hall–Kier alpha value is -2.90. The summed E-state index contributed by atoms with van der Waals surface area (Å²) in [5, 5.41) is 12.3. The van der Waals surface area contributed by atoms with Crippen molar-refractivity contribution in [3.8, 4) is 23.1 Å². The average Bonchev–Trinajstić information content (AvgIpc) is 3.16. The van der Waals surface area contributed by atoms with Gasteiger partial charge in [0.1, 0.15) is 16.8 Å². The fraction of sp³-hybridized carbons (Fsp3) is 0.143. The van der Waals surface area contributed by atoms with Crippen LogP contribution in [0, 0.1) is 11.3 Å². The standard InChI is InChI=1S/C21H18N2OS/c1-3-15-8-10-16(11-9-15)19-14-25-21(23-19)18(13-22)12-17-6-4-5-7-20(17)24-2/h4-12,14H,3H2,1-2H3/b18-12-. The zero-order valence-corrected chi connectivity index (χ0v) is 15.0. The predicted molar refractivity (Wildman–Crippen MR) is 103 cm³/mol. The van der Waals surface area contributed by atoms with Crippen molar-refractivity contribution in [3.63, 3.8) is 0 Å². The Morgan fingerprint density at radius 3 is 2.64 bits per heavy atom. The first-order valence-corrected chi connectivity index (χ1v) is 8.93. The van der Waals surface area contributed by atoms with E-state index in [1.54, 1.807) is 7.11 Å².